The number of anilines is 1. The van der Waals surface area contributed by atoms with Crippen LogP contribution in [0.3, 0.4) is 0 Å². The Hall–Kier alpha value is -0.650. The van der Waals surface area contributed by atoms with E-state index in [1.807, 2.05) is 30.3 Å². The zero-order valence-electron chi connectivity index (χ0n) is 9.95. The Morgan fingerprint density at radius 3 is 2.56 bits per heavy atom. The molecule has 1 aromatic carbocycles. The summed E-state index contributed by atoms with van der Waals surface area (Å²) in [5, 5.41) is 3.02. The standard InChI is InChI=1S/C13H16N2OS2/c16-13(14-11-4-2-1-3-5-11)12-9-6-10(12)8-15(7-9)18-17/h1-5,9-10,12,17H,6-8H2,(H,14,16). The summed E-state index contributed by atoms with van der Waals surface area (Å²) in [5.74, 6) is 1.40. The molecule has 5 heteroatoms. The summed E-state index contributed by atoms with van der Waals surface area (Å²) in [4.78, 5) is 12.2. The number of piperidine rings is 2. The summed E-state index contributed by atoms with van der Waals surface area (Å²) < 4.78 is 2.24. The van der Waals surface area contributed by atoms with Crippen LogP contribution in [0.5, 0.6) is 0 Å². The number of fused-ring (bicyclic) bond motifs is 2. The molecule has 0 radical (unpaired) electrons. The third-order valence-corrected chi connectivity index (χ3v) is 5.18. The Morgan fingerprint density at radius 1 is 1.28 bits per heavy atom. The third-order valence-electron chi connectivity index (χ3n) is 3.96. The van der Waals surface area contributed by atoms with Gasteiger partial charge in [-0.25, -0.2) is 4.31 Å². The minimum Gasteiger partial charge on any atom is -0.326 e. The minimum atomic E-state index is 0.186. The van der Waals surface area contributed by atoms with Crippen LogP contribution in [0.2, 0.25) is 0 Å². The van der Waals surface area contributed by atoms with Gasteiger partial charge in [-0.05, 0) is 41.4 Å². The van der Waals surface area contributed by atoms with Gasteiger partial charge in [0, 0.05) is 24.7 Å². The molecular formula is C13H16N2OS2. The highest BCUT2D eigenvalue weighted by Gasteiger charge is 2.50. The first-order valence-corrected chi connectivity index (χ1v) is 8.03. The van der Waals surface area contributed by atoms with E-state index < -0.39 is 0 Å². The van der Waals surface area contributed by atoms with Crippen molar-refractivity contribution < 1.29 is 4.79 Å². The van der Waals surface area contributed by atoms with Crippen LogP contribution in [0.15, 0.2) is 30.3 Å². The molecule has 96 valence electrons. The Morgan fingerprint density at radius 2 is 1.94 bits per heavy atom. The van der Waals surface area contributed by atoms with Gasteiger partial charge in [-0.1, -0.05) is 29.9 Å². The predicted molar refractivity (Wildman–Crippen MR) is 78.3 cm³/mol. The van der Waals surface area contributed by atoms with E-state index in [4.69, 9.17) is 0 Å². The molecule has 1 saturated heterocycles. The van der Waals surface area contributed by atoms with E-state index in [-0.39, 0.29) is 11.8 Å². The van der Waals surface area contributed by atoms with Crippen molar-refractivity contribution in [2.24, 2.45) is 17.8 Å². The van der Waals surface area contributed by atoms with Gasteiger partial charge in [0.1, 0.15) is 0 Å². The molecule has 0 aromatic heterocycles. The summed E-state index contributed by atoms with van der Waals surface area (Å²) in [6, 6.07) is 9.70. The summed E-state index contributed by atoms with van der Waals surface area (Å²) >= 11 is 4.23. The van der Waals surface area contributed by atoms with Crippen molar-refractivity contribution in [1.29, 1.82) is 0 Å². The molecule has 2 fully saturated rings. The van der Waals surface area contributed by atoms with Crippen LogP contribution in [0.1, 0.15) is 6.42 Å². The van der Waals surface area contributed by atoms with Gasteiger partial charge in [0.25, 0.3) is 0 Å². The number of carbonyl (C=O) groups excluding carboxylic acids is 1. The molecule has 0 spiro atoms. The number of thiol groups is 1. The fourth-order valence-corrected chi connectivity index (χ4v) is 4.00. The van der Waals surface area contributed by atoms with Crippen LogP contribution in [-0.2, 0) is 4.79 Å². The molecular weight excluding hydrogens is 264 g/mol. The number of amides is 1. The highest BCUT2D eigenvalue weighted by Crippen LogP contribution is 2.47. The first kappa shape index (κ1) is 12.4. The highest BCUT2D eigenvalue weighted by atomic mass is 33.1. The Balaban J connectivity index is 1.62. The van der Waals surface area contributed by atoms with Crippen molar-refractivity contribution in [2.75, 3.05) is 18.4 Å². The Bertz CT molecular complexity index is 428. The van der Waals surface area contributed by atoms with E-state index in [1.54, 1.807) is 0 Å². The SMILES string of the molecule is O=C(Nc1ccccc1)C1C2CC1CN(SS)C2. The number of para-hydroxylation sites is 1. The van der Waals surface area contributed by atoms with Crippen molar-refractivity contribution in [3.8, 4) is 0 Å². The number of rotatable bonds is 3. The quantitative estimate of drug-likeness (QED) is 0.507. The van der Waals surface area contributed by atoms with Crippen molar-refractivity contribution in [3.05, 3.63) is 30.3 Å². The lowest BCUT2D eigenvalue weighted by Crippen LogP contribution is -2.56. The van der Waals surface area contributed by atoms with Gasteiger partial charge < -0.3 is 5.32 Å². The second-order valence-corrected chi connectivity index (χ2v) is 6.24. The molecule has 1 N–H and O–H groups in total. The van der Waals surface area contributed by atoms with Crippen LogP contribution < -0.4 is 5.32 Å². The van der Waals surface area contributed by atoms with Crippen LogP contribution in [0.4, 0.5) is 5.69 Å². The van der Waals surface area contributed by atoms with E-state index in [9.17, 15) is 4.79 Å². The Kier molecular flexibility index (Phi) is 3.54. The number of benzene rings is 1. The number of nitrogens with zero attached hydrogens (tertiary/aromatic N) is 1. The lowest BCUT2D eigenvalue weighted by molar-refractivity contribution is -0.133. The highest BCUT2D eigenvalue weighted by molar-refractivity contribution is 8.67. The molecule has 3 nitrogen and oxygen atoms in total. The topological polar surface area (TPSA) is 32.3 Å². The van der Waals surface area contributed by atoms with Crippen LogP contribution in [0, 0.1) is 17.8 Å². The molecule has 1 heterocycles. The van der Waals surface area contributed by atoms with Crippen molar-refractivity contribution in [2.45, 2.75) is 6.42 Å². The maximum absolute atomic E-state index is 12.2. The molecule has 1 aliphatic carbocycles. The second kappa shape index (κ2) is 5.15. The smallest absolute Gasteiger partial charge is 0.228 e. The van der Waals surface area contributed by atoms with Gasteiger partial charge >= 0.3 is 0 Å². The number of nitrogens with one attached hydrogen (secondary N) is 1. The molecule has 1 aliphatic heterocycles. The summed E-state index contributed by atoms with van der Waals surface area (Å²) in [6.45, 7) is 1.97. The minimum absolute atomic E-state index is 0.186. The largest absolute Gasteiger partial charge is 0.326 e. The zero-order chi connectivity index (χ0) is 12.5. The summed E-state index contributed by atoms with van der Waals surface area (Å²) in [7, 11) is 1.49. The summed E-state index contributed by atoms with van der Waals surface area (Å²) in [5.41, 5.74) is 0.896. The number of hydrogen-bond acceptors (Lipinski definition) is 4. The van der Waals surface area contributed by atoms with Gasteiger partial charge in [-0.2, -0.15) is 0 Å². The maximum atomic E-state index is 12.2. The number of carbonyl (C=O) groups is 1. The number of hydrogen-bond donors (Lipinski definition) is 2. The van der Waals surface area contributed by atoms with E-state index in [0.717, 1.165) is 18.8 Å². The fourth-order valence-electron chi connectivity index (χ4n) is 3.09. The second-order valence-electron chi connectivity index (χ2n) is 5.07. The molecule has 1 aromatic rings. The molecule has 2 unspecified atom stereocenters. The van der Waals surface area contributed by atoms with Gasteiger partial charge in [0.2, 0.25) is 5.91 Å². The molecule has 3 rings (SSSR count). The van der Waals surface area contributed by atoms with E-state index in [2.05, 4.69) is 21.3 Å². The van der Waals surface area contributed by atoms with Crippen LogP contribution >= 0.6 is 22.6 Å². The normalized spacial score (nSPS) is 30.6. The van der Waals surface area contributed by atoms with Gasteiger partial charge in [0.05, 0.1) is 0 Å². The predicted octanol–water partition coefficient (Wildman–Crippen LogP) is 2.69. The maximum Gasteiger partial charge on any atom is 0.228 e. The van der Waals surface area contributed by atoms with E-state index in [0.29, 0.717) is 11.8 Å². The average Bonchev–Trinajstić information content (AvgIpc) is 2.39. The van der Waals surface area contributed by atoms with Crippen molar-refractivity contribution >= 4 is 34.2 Å². The molecule has 2 aliphatic rings. The molecule has 18 heavy (non-hydrogen) atoms. The lowest BCUT2D eigenvalue weighted by Gasteiger charge is -2.51. The van der Waals surface area contributed by atoms with Gasteiger partial charge in [-0.15, -0.1) is 0 Å². The molecule has 1 saturated carbocycles. The summed E-state index contributed by atoms with van der Waals surface area (Å²) in [6.07, 6.45) is 1.19. The first-order valence-electron chi connectivity index (χ1n) is 6.20. The van der Waals surface area contributed by atoms with Gasteiger partial charge in [0.15, 0.2) is 0 Å². The van der Waals surface area contributed by atoms with Crippen molar-refractivity contribution in [3.63, 3.8) is 0 Å². The fraction of sp³-hybridized carbons (Fsp3) is 0.462. The van der Waals surface area contributed by atoms with Crippen LogP contribution in [-0.4, -0.2) is 23.3 Å². The average molecular weight is 280 g/mol. The van der Waals surface area contributed by atoms with Crippen LogP contribution in [0.25, 0.3) is 0 Å². The third kappa shape index (κ3) is 2.27. The first-order chi connectivity index (χ1) is 8.78. The zero-order valence-corrected chi connectivity index (χ0v) is 11.7. The monoisotopic (exact) mass is 280 g/mol. The van der Waals surface area contributed by atoms with E-state index >= 15 is 0 Å². The Labute approximate surface area is 116 Å². The molecule has 1 amide bonds. The lowest BCUT2D eigenvalue weighted by atomic mass is 9.62. The van der Waals surface area contributed by atoms with Gasteiger partial charge in [-0.3, -0.25) is 4.79 Å². The molecule has 2 bridgehead atoms. The molecule has 2 atom stereocenters. The van der Waals surface area contributed by atoms with E-state index in [1.165, 1.54) is 17.4 Å². The van der Waals surface area contributed by atoms with Crippen molar-refractivity contribution in [1.82, 2.24) is 4.31 Å².